The van der Waals surface area contributed by atoms with Crippen LogP contribution in [-0.2, 0) is 14.2 Å². The number of hydrogen-bond acceptors (Lipinski definition) is 4. The molecule has 2 saturated heterocycles. The van der Waals surface area contributed by atoms with Crippen molar-refractivity contribution in [3.8, 4) is 0 Å². The van der Waals surface area contributed by atoms with Crippen LogP contribution in [0.3, 0.4) is 0 Å². The van der Waals surface area contributed by atoms with Gasteiger partial charge in [0.15, 0.2) is 5.79 Å². The molecule has 4 heteroatoms. The topological polar surface area (TPSA) is 30.9 Å². The van der Waals surface area contributed by atoms with E-state index in [0.717, 1.165) is 52.0 Å². The summed E-state index contributed by atoms with van der Waals surface area (Å²) < 4.78 is 17.5. The van der Waals surface area contributed by atoms with Gasteiger partial charge in [0.25, 0.3) is 0 Å². The van der Waals surface area contributed by atoms with Crippen LogP contribution in [0.5, 0.6) is 0 Å². The zero-order valence-electron chi connectivity index (χ0n) is 11.9. The van der Waals surface area contributed by atoms with Gasteiger partial charge in [-0.25, -0.2) is 0 Å². The number of likely N-dealkylation sites (tertiary alicyclic amines) is 1. The van der Waals surface area contributed by atoms with E-state index in [1.807, 2.05) is 0 Å². The lowest BCUT2D eigenvalue weighted by atomic mass is 9.92. The number of nitrogens with zero attached hydrogens (tertiary/aromatic N) is 1. The molecule has 3 aliphatic rings. The van der Waals surface area contributed by atoms with Crippen LogP contribution in [0.2, 0.25) is 0 Å². The highest BCUT2D eigenvalue weighted by atomic mass is 16.7. The molecule has 3 fully saturated rings. The van der Waals surface area contributed by atoms with Crippen LogP contribution in [0, 0.1) is 0 Å². The van der Waals surface area contributed by atoms with Gasteiger partial charge in [0.2, 0.25) is 0 Å². The number of ether oxygens (including phenoxy) is 3. The highest BCUT2D eigenvalue weighted by Crippen LogP contribution is 2.36. The average molecular weight is 269 g/mol. The fourth-order valence-corrected chi connectivity index (χ4v) is 3.51. The highest BCUT2D eigenvalue weighted by molar-refractivity contribution is 4.83. The lowest BCUT2D eigenvalue weighted by molar-refractivity contribution is -0.192. The Morgan fingerprint density at radius 3 is 2.37 bits per heavy atom. The molecule has 0 aromatic rings. The van der Waals surface area contributed by atoms with E-state index in [2.05, 4.69) is 4.90 Å². The van der Waals surface area contributed by atoms with Gasteiger partial charge in [-0.2, -0.15) is 0 Å². The molecule has 2 aliphatic heterocycles. The minimum Gasteiger partial charge on any atom is -0.377 e. The molecule has 1 aliphatic carbocycles. The summed E-state index contributed by atoms with van der Waals surface area (Å²) in [7, 11) is 0. The molecular weight excluding hydrogens is 242 g/mol. The van der Waals surface area contributed by atoms with Crippen LogP contribution in [-0.4, -0.2) is 56.2 Å². The molecule has 4 nitrogen and oxygen atoms in total. The second kappa shape index (κ2) is 6.53. The molecule has 0 amide bonds. The Morgan fingerprint density at radius 1 is 1.00 bits per heavy atom. The van der Waals surface area contributed by atoms with Crippen molar-refractivity contribution in [2.45, 2.75) is 56.8 Å². The Bertz CT molecular complexity index is 263. The van der Waals surface area contributed by atoms with Gasteiger partial charge < -0.3 is 19.1 Å². The van der Waals surface area contributed by atoms with Gasteiger partial charge in [-0.05, 0) is 38.8 Å². The Balaban J connectivity index is 1.31. The number of piperidine rings is 1. The predicted molar refractivity (Wildman–Crippen MR) is 73.1 cm³/mol. The van der Waals surface area contributed by atoms with Crippen LogP contribution in [0.4, 0.5) is 0 Å². The second-order valence-corrected chi connectivity index (χ2v) is 6.08. The standard InChI is InChI=1S/C15H27NO3/c1-2-8-16(9-3-1)10-11-17-14-4-6-15(7-5-14)18-12-13-19-15/h14H,1-13H2. The summed E-state index contributed by atoms with van der Waals surface area (Å²) >= 11 is 0. The van der Waals surface area contributed by atoms with Gasteiger partial charge in [-0.15, -0.1) is 0 Å². The van der Waals surface area contributed by atoms with Crippen LogP contribution in [0.15, 0.2) is 0 Å². The maximum atomic E-state index is 6.04. The molecule has 0 aromatic carbocycles. The first kappa shape index (κ1) is 13.8. The molecule has 19 heavy (non-hydrogen) atoms. The first-order valence-electron chi connectivity index (χ1n) is 7.98. The summed E-state index contributed by atoms with van der Waals surface area (Å²) in [6.07, 6.45) is 8.72. The monoisotopic (exact) mass is 269 g/mol. The van der Waals surface area contributed by atoms with Crippen molar-refractivity contribution in [3.63, 3.8) is 0 Å². The SMILES string of the molecule is C1CCN(CCOC2CCC3(CC2)OCCO3)CC1. The van der Waals surface area contributed by atoms with Crippen LogP contribution in [0.25, 0.3) is 0 Å². The van der Waals surface area contributed by atoms with Crippen molar-refractivity contribution < 1.29 is 14.2 Å². The molecular formula is C15H27NO3. The zero-order valence-corrected chi connectivity index (χ0v) is 11.9. The number of hydrogen-bond donors (Lipinski definition) is 0. The summed E-state index contributed by atoms with van der Waals surface area (Å²) in [4.78, 5) is 2.54. The molecule has 1 saturated carbocycles. The van der Waals surface area contributed by atoms with Gasteiger partial charge in [-0.1, -0.05) is 6.42 Å². The van der Waals surface area contributed by atoms with Crippen molar-refractivity contribution in [1.82, 2.24) is 4.90 Å². The average Bonchev–Trinajstić information content (AvgIpc) is 2.91. The molecule has 110 valence electrons. The van der Waals surface area contributed by atoms with Crippen molar-refractivity contribution >= 4 is 0 Å². The summed E-state index contributed by atoms with van der Waals surface area (Å²) in [5.74, 6) is -0.243. The van der Waals surface area contributed by atoms with Gasteiger partial charge >= 0.3 is 0 Å². The van der Waals surface area contributed by atoms with E-state index in [9.17, 15) is 0 Å². The smallest absolute Gasteiger partial charge is 0.168 e. The Hall–Kier alpha value is -0.160. The quantitative estimate of drug-likeness (QED) is 0.782. The highest BCUT2D eigenvalue weighted by Gasteiger charge is 2.40. The van der Waals surface area contributed by atoms with Crippen LogP contribution in [0.1, 0.15) is 44.9 Å². The van der Waals surface area contributed by atoms with Gasteiger partial charge in [-0.3, -0.25) is 0 Å². The van der Waals surface area contributed by atoms with Crippen molar-refractivity contribution in [2.24, 2.45) is 0 Å². The van der Waals surface area contributed by atoms with E-state index in [1.165, 1.54) is 32.4 Å². The predicted octanol–water partition coefficient (Wildman–Crippen LogP) is 2.17. The minimum atomic E-state index is -0.243. The zero-order chi connectivity index (χ0) is 13.0. The summed E-state index contributed by atoms with van der Waals surface area (Å²) in [6.45, 7) is 6.05. The van der Waals surface area contributed by atoms with E-state index in [1.54, 1.807) is 0 Å². The third-order valence-corrected chi connectivity index (χ3v) is 4.72. The molecule has 0 atom stereocenters. The van der Waals surface area contributed by atoms with E-state index in [-0.39, 0.29) is 5.79 Å². The molecule has 0 unspecified atom stereocenters. The maximum absolute atomic E-state index is 6.04. The number of rotatable bonds is 4. The molecule has 1 spiro atoms. The molecule has 3 rings (SSSR count). The largest absolute Gasteiger partial charge is 0.377 e. The van der Waals surface area contributed by atoms with Crippen molar-refractivity contribution in [3.05, 3.63) is 0 Å². The van der Waals surface area contributed by atoms with Gasteiger partial charge in [0.05, 0.1) is 25.9 Å². The first-order valence-corrected chi connectivity index (χ1v) is 7.98. The first-order chi connectivity index (χ1) is 9.36. The normalized spacial score (nSPS) is 29.1. The lowest BCUT2D eigenvalue weighted by Crippen LogP contribution is -2.39. The fourth-order valence-electron chi connectivity index (χ4n) is 3.51. The van der Waals surface area contributed by atoms with Gasteiger partial charge in [0, 0.05) is 19.4 Å². The Kier molecular flexibility index (Phi) is 4.74. The van der Waals surface area contributed by atoms with Gasteiger partial charge in [0.1, 0.15) is 0 Å². The lowest BCUT2D eigenvalue weighted by Gasteiger charge is -2.35. The third-order valence-electron chi connectivity index (χ3n) is 4.72. The van der Waals surface area contributed by atoms with Crippen molar-refractivity contribution in [1.29, 1.82) is 0 Å². The van der Waals surface area contributed by atoms with E-state index >= 15 is 0 Å². The fraction of sp³-hybridized carbons (Fsp3) is 1.00. The summed E-state index contributed by atoms with van der Waals surface area (Å²) in [5.41, 5.74) is 0. The van der Waals surface area contributed by atoms with Crippen LogP contribution >= 0.6 is 0 Å². The van der Waals surface area contributed by atoms with E-state index in [4.69, 9.17) is 14.2 Å². The molecule has 0 N–H and O–H groups in total. The molecule has 0 radical (unpaired) electrons. The molecule has 0 aromatic heterocycles. The summed E-state index contributed by atoms with van der Waals surface area (Å²) in [6, 6.07) is 0. The second-order valence-electron chi connectivity index (χ2n) is 6.08. The molecule has 0 bridgehead atoms. The minimum absolute atomic E-state index is 0.243. The van der Waals surface area contributed by atoms with Crippen molar-refractivity contribution in [2.75, 3.05) is 39.5 Å². The summed E-state index contributed by atoms with van der Waals surface area (Å²) in [5, 5.41) is 0. The Labute approximate surface area is 116 Å². The molecule has 2 heterocycles. The maximum Gasteiger partial charge on any atom is 0.168 e. The van der Waals surface area contributed by atoms with Crippen LogP contribution < -0.4 is 0 Å². The third kappa shape index (κ3) is 3.69. The Morgan fingerprint density at radius 2 is 1.68 bits per heavy atom. The van der Waals surface area contributed by atoms with E-state index in [0.29, 0.717) is 6.10 Å². The van der Waals surface area contributed by atoms with E-state index < -0.39 is 0 Å².